The van der Waals surface area contributed by atoms with E-state index in [0.717, 1.165) is 18.6 Å². The zero-order valence-corrected chi connectivity index (χ0v) is 19.0. The Bertz CT molecular complexity index is 1000. The number of hydrogen-bond acceptors (Lipinski definition) is 7. The first kappa shape index (κ1) is 30.9. The number of hydrogen-bond donors (Lipinski definition) is 2. The van der Waals surface area contributed by atoms with E-state index >= 15 is 0 Å². The Balaban J connectivity index is 0.000000404. The second-order valence-electron chi connectivity index (χ2n) is 6.98. The summed E-state index contributed by atoms with van der Waals surface area (Å²) in [6.45, 7) is 1.31. The normalized spacial score (nSPS) is 13.8. The number of ether oxygens (including phenoxy) is 2. The van der Waals surface area contributed by atoms with E-state index < -0.39 is 24.3 Å². The van der Waals surface area contributed by atoms with Crippen molar-refractivity contribution in [1.29, 1.82) is 0 Å². The second-order valence-corrected chi connectivity index (χ2v) is 6.98. The van der Waals surface area contributed by atoms with Gasteiger partial charge in [-0.25, -0.2) is 9.59 Å². The number of pyridine rings is 2. The van der Waals surface area contributed by atoms with Gasteiger partial charge in [0.25, 0.3) is 5.91 Å². The summed E-state index contributed by atoms with van der Waals surface area (Å²) in [5.41, 5.74) is 0.413. The molecule has 0 aromatic carbocycles. The average molecular weight is 541 g/mol. The highest BCUT2D eigenvalue weighted by Crippen LogP contribution is 2.20. The molecule has 37 heavy (non-hydrogen) atoms. The first-order valence-corrected chi connectivity index (χ1v) is 10.1. The van der Waals surface area contributed by atoms with Gasteiger partial charge in [0, 0.05) is 44.4 Å². The van der Waals surface area contributed by atoms with Crippen molar-refractivity contribution in [3.05, 3.63) is 48.5 Å². The molecule has 10 nitrogen and oxygen atoms in total. The maximum absolute atomic E-state index is 12.5. The van der Waals surface area contributed by atoms with Crippen LogP contribution in [0.2, 0.25) is 0 Å². The zero-order chi connectivity index (χ0) is 28.2. The molecule has 16 heteroatoms. The minimum Gasteiger partial charge on any atom is -0.497 e. The summed E-state index contributed by atoms with van der Waals surface area (Å²) in [6.07, 6.45) is -3.45. The molecule has 0 radical (unpaired) electrons. The summed E-state index contributed by atoms with van der Waals surface area (Å²) in [6, 6.07) is 7.14. The van der Waals surface area contributed by atoms with Crippen molar-refractivity contribution in [2.75, 3.05) is 20.2 Å². The van der Waals surface area contributed by atoms with Gasteiger partial charge in [-0.2, -0.15) is 26.3 Å². The molecule has 204 valence electrons. The summed E-state index contributed by atoms with van der Waals surface area (Å²) in [4.78, 5) is 40.3. The molecule has 2 N–H and O–H groups in total. The topological polar surface area (TPSA) is 139 Å². The van der Waals surface area contributed by atoms with Gasteiger partial charge in [-0.15, -0.1) is 0 Å². The highest BCUT2D eigenvalue weighted by Gasteiger charge is 2.38. The van der Waals surface area contributed by atoms with E-state index in [-0.39, 0.29) is 12.0 Å². The molecule has 0 atom stereocenters. The molecular formula is C21H21F6N3O7. The molecule has 0 aliphatic carbocycles. The van der Waals surface area contributed by atoms with Crippen LogP contribution in [0.25, 0.3) is 0 Å². The number of nitrogens with zero attached hydrogens (tertiary/aromatic N) is 3. The van der Waals surface area contributed by atoms with E-state index in [0.29, 0.717) is 24.5 Å². The highest BCUT2D eigenvalue weighted by molar-refractivity contribution is 5.92. The number of carboxylic acid groups (broad SMARTS) is 2. The number of carbonyl (C=O) groups excluding carboxylic acids is 1. The van der Waals surface area contributed by atoms with Crippen LogP contribution in [0.1, 0.15) is 23.3 Å². The Morgan fingerprint density at radius 3 is 1.92 bits per heavy atom. The average Bonchev–Trinajstić information content (AvgIpc) is 2.84. The van der Waals surface area contributed by atoms with E-state index in [1.54, 1.807) is 37.8 Å². The van der Waals surface area contributed by atoms with Crippen molar-refractivity contribution >= 4 is 17.8 Å². The lowest BCUT2D eigenvalue weighted by Gasteiger charge is -2.32. The van der Waals surface area contributed by atoms with Crippen molar-refractivity contribution in [1.82, 2.24) is 14.9 Å². The number of piperidine rings is 1. The zero-order valence-electron chi connectivity index (χ0n) is 19.0. The Morgan fingerprint density at radius 1 is 0.946 bits per heavy atom. The minimum absolute atomic E-state index is 0.0660. The van der Waals surface area contributed by atoms with Gasteiger partial charge in [-0.3, -0.25) is 14.8 Å². The third kappa shape index (κ3) is 11.4. The van der Waals surface area contributed by atoms with Gasteiger partial charge < -0.3 is 24.6 Å². The number of likely N-dealkylation sites (tertiary alicyclic amines) is 1. The molecule has 2 aromatic heterocycles. The molecule has 3 heterocycles. The van der Waals surface area contributed by atoms with Crippen molar-refractivity contribution in [3.63, 3.8) is 0 Å². The summed E-state index contributed by atoms with van der Waals surface area (Å²) in [7, 11) is 1.57. The van der Waals surface area contributed by atoms with Gasteiger partial charge in [0.15, 0.2) is 0 Å². The number of rotatable bonds is 4. The first-order chi connectivity index (χ1) is 17.1. The van der Waals surface area contributed by atoms with Crippen molar-refractivity contribution in [2.24, 2.45) is 0 Å². The van der Waals surface area contributed by atoms with Crippen LogP contribution in [0.3, 0.4) is 0 Å². The summed E-state index contributed by atoms with van der Waals surface area (Å²) >= 11 is 0. The molecule has 0 spiro atoms. The number of aromatic nitrogens is 2. The predicted octanol–water partition coefficient (Wildman–Crippen LogP) is 3.44. The molecule has 1 amide bonds. The van der Waals surface area contributed by atoms with Crippen LogP contribution in [0, 0.1) is 0 Å². The molecular weight excluding hydrogens is 520 g/mol. The fourth-order valence-electron chi connectivity index (χ4n) is 2.60. The smallest absolute Gasteiger partial charge is 0.490 e. The van der Waals surface area contributed by atoms with E-state index in [2.05, 4.69) is 9.97 Å². The van der Waals surface area contributed by atoms with Gasteiger partial charge in [-0.1, -0.05) is 0 Å². The molecule has 3 rings (SSSR count). The maximum atomic E-state index is 12.5. The van der Waals surface area contributed by atoms with Gasteiger partial charge >= 0.3 is 24.3 Å². The van der Waals surface area contributed by atoms with Gasteiger partial charge in [0.05, 0.1) is 13.3 Å². The van der Waals surface area contributed by atoms with Crippen LogP contribution in [0.5, 0.6) is 11.5 Å². The fourth-order valence-corrected chi connectivity index (χ4v) is 2.60. The van der Waals surface area contributed by atoms with Crippen LogP contribution in [0.15, 0.2) is 42.9 Å². The Morgan fingerprint density at radius 2 is 1.49 bits per heavy atom. The third-order valence-electron chi connectivity index (χ3n) is 4.34. The number of halogens is 6. The SMILES string of the molecule is COc1ccnc(C(=O)N2CCC(Oc3cccnc3)CC2)c1.O=C(O)C(F)(F)F.O=C(O)C(F)(F)F. The lowest BCUT2D eigenvalue weighted by Crippen LogP contribution is -2.42. The first-order valence-electron chi connectivity index (χ1n) is 10.1. The Labute approximate surface area is 205 Å². The van der Waals surface area contributed by atoms with E-state index in [1.165, 1.54) is 0 Å². The standard InChI is InChI=1S/C17H19N3O3.2C2HF3O2/c1-22-14-4-8-19-16(11-14)17(21)20-9-5-13(6-10-20)23-15-3-2-7-18-12-15;2*3-2(4,5)1(6)7/h2-4,7-8,11-13H,5-6,9-10H2,1H3;2*(H,6,7). The van der Waals surface area contributed by atoms with E-state index in [9.17, 15) is 31.1 Å². The molecule has 1 fully saturated rings. The van der Waals surface area contributed by atoms with Crippen LogP contribution in [0.4, 0.5) is 26.3 Å². The van der Waals surface area contributed by atoms with Gasteiger partial charge in [-0.05, 0) is 18.2 Å². The molecule has 1 aliphatic rings. The van der Waals surface area contributed by atoms with Crippen LogP contribution < -0.4 is 9.47 Å². The molecule has 0 bridgehead atoms. The monoisotopic (exact) mass is 541 g/mol. The summed E-state index contributed by atoms with van der Waals surface area (Å²) < 4.78 is 74.5. The van der Waals surface area contributed by atoms with Crippen molar-refractivity contribution < 1.29 is 60.4 Å². The third-order valence-corrected chi connectivity index (χ3v) is 4.34. The number of carboxylic acids is 2. The highest BCUT2D eigenvalue weighted by atomic mass is 19.4. The van der Waals surface area contributed by atoms with E-state index in [1.807, 2.05) is 17.0 Å². The molecule has 1 aliphatic heterocycles. The number of methoxy groups -OCH3 is 1. The molecule has 0 unspecified atom stereocenters. The molecule has 0 saturated carbocycles. The van der Waals surface area contributed by atoms with Crippen molar-refractivity contribution in [2.45, 2.75) is 31.3 Å². The second kappa shape index (κ2) is 13.8. The number of carbonyl (C=O) groups is 3. The quantitative estimate of drug-likeness (QED) is 0.558. The lowest BCUT2D eigenvalue weighted by atomic mass is 10.1. The van der Waals surface area contributed by atoms with Gasteiger partial charge in [0.1, 0.15) is 23.3 Å². The number of aliphatic carboxylic acids is 2. The van der Waals surface area contributed by atoms with Crippen LogP contribution in [-0.4, -0.2) is 81.6 Å². The van der Waals surface area contributed by atoms with Crippen LogP contribution >= 0.6 is 0 Å². The Kier molecular flexibility index (Phi) is 11.6. The number of alkyl halides is 6. The fraction of sp³-hybridized carbons (Fsp3) is 0.381. The predicted molar refractivity (Wildman–Crippen MR) is 112 cm³/mol. The van der Waals surface area contributed by atoms with Crippen LogP contribution in [-0.2, 0) is 9.59 Å². The number of amides is 1. The maximum Gasteiger partial charge on any atom is 0.490 e. The molecule has 1 saturated heterocycles. The Hall–Kier alpha value is -4.11. The van der Waals surface area contributed by atoms with Gasteiger partial charge in [0.2, 0.25) is 0 Å². The largest absolute Gasteiger partial charge is 0.497 e. The summed E-state index contributed by atoms with van der Waals surface area (Å²) in [5.74, 6) is -4.17. The molecule has 2 aromatic rings. The summed E-state index contributed by atoms with van der Waals surface area (Å²) in [5, 5.41) is 14.2. The van der Waals surface area contributed by atoms with E-state index in [4.69, 9.17) is 29.3 Å². The lowest BCUT2D eigenvalue weighted by molar-refractivity contribution is -0.193. The minimum atomic E-state index is -5.08. The van der Waals surface area contributed by atoms with Crippen molar-refractivity contribution in [3.8, 4) is 11.5 Å².